The normalized spacial score (nSPS) is 10.2. The van der Waals surface area contributed by atoms with Crippen molar-refractivity contribution in [3.63, 3.8) is 0 Å². The molecule has 0 radical (unpaired) electrons. The molecule has 1 aromatic carbocycles. The smallest absolute Gasteiger partial charge is 0.230 e. The number of carbonyl (C=O) groups excluding carboxylic acids is 2. The van der Waals surface area contributed by atoms with Crippen LogP contribution in [0.25, 0.3) is 0 Å². The van der Waals surface area contributed by atoms with E-state index in [2.05, 4.69) is 17.2 Å². The number of benzene rings is 1. The predicted molar refractivity (Wildman–Crippen MR) is 106 cm³/mol. The molecule has 0 bridgehead atoms. The molecular formula is C18H26N2O2S2. The van der Waals surface area contributed by atoms with Crippen LogP contribution < -0.4 is 10.6 Å². The standard InChI is InChI=1S/C18H26N2O2S2/c1-14(2)24-13-18(22)19-12-6-4-5-7-17(21)20-15-8-10-16(23-3)11-9-15/h8-11H,1,4-7,12-13H2,2-3H3,(H,19,22)(H,20,21). The third-order valence-electron chi connectivity index (χ3n) is 3.23. The van der Waals surface area contributed by atoms with Crippen LogP contribution in [0.3, 0.4) is 0 Å². The molecule has 2 N–H and O–H groups in total. The minimum absolute atomic E-state index is 0.0359. The fraction of sp³-hybridized carbons (Fsp3) is 0.444. The molecule has 0 aromatic heterocycles. The fourth-order valence-electron chi connectivity index (χ4n) is 1.95. The van der Waals surface area contributed by atoms with E-state index in [9.17, 15) is 9.59 Å². The minimum Gasteiger partial charge on any atom is -0.355 e. The SMILES string of the molecule is C=C(C)SCC(=O)NCCCCCC(=O)Nc1ccc(SC)cc1. The highest BCUT2D eigenvalue weighted by molar-refractivity contribution is 8.03. The molecule has 1 rings (SSSR count). The molecule has 0 aliphatic heterocycles. The Hall–Kier alpha value is -1.40. The molecular weight excluding hydrogens is 340 g/mol. The highest BCUT2D eigenvalue weighted by Crippen LogP contribution is 2.17. The number of anilines is 1. The third kappa shape index (κ3) is 9.67. The summed E-state index contributed by atoms with van der Waals surface area (Å²) in [6.07, 6.45) is 5.16. The Morgan fingerprint density at radius 2 is 1.79 bits per heavy atom. The molecule has 0 atom stereocenters. The second-order valence-corrected chi connectivity index (χ2v) is 7.58. The second-order valence-electron chi connectivity index (χ2n) is 5.43. The molecule has 2 amide bonds. The van der Waals surface area contributed by atoms with Crippen molar-refractivity contribution in [3.05, 3.63) is 35.7 Å². The van der Waals surface area contributed by atoms with Gasteiger partial charge in [-0.05, 0) is 55.2 Å². The van der Waals surface area contributed by atoms with Crippen LogP contribution in [0, 0.1) is 0 Å². The molecule has 24 heavy (non-hydrogen) atoms. The number of unbranched alkanes of at least 4 members (excludes halogenated alkanes) is 2. The number of hydrogen-bond donors (Lipinski definition) is 2. The number of rotatable bonds is 11. The summed E-state index contributed by atoms with van der Waals surface area (Å²) in [6, 6.07) is 7.83. The van der Waals surface area contributed by atoms with Crippen molar-refractivity contribution in [2.45, 2.75) is 37.5 Å². The molecule has 6 heteroatoms. The average molecular weight is 367 g/mol. The largest absolute Gasteiger partial charge is 0.355 e. The molecule has 0 saturated carbocycles. The zero-order valence-electron chi connectivity index (χ0n) is 14.4. The van der Waals surface area contributed by atoms with Crippen molar-refractivity contribution >= 4 is 41.0 Å². The Morgan fingerprint density at radius 3 is 2.42 bits per heavy atom. The zero-order valence-corrected chi connectivity index (χ0v) is 16.0. The van der Waals surface area contributed by atoms with Crippen molar-refractivity contribution in [2.75, 3.05) is 23.9 Å². The first-order valence-corrected chi connectivity index (χ1v) is 10.2. The van der Waals surface area contributed by atoms with Gasteiger partial charge in [0.15, 0.2) is 0 Å². The van der Waals surface area contributed by atoms with Gasteiger partial charge in [0.05, 0.1) is 5.75 Å². The number of thioether (sulfide) groups is 2. The first kappa shape index (κ1) is 20.6. The fourth-order valence-corrected chi connectivity index (χ4v) is 2.84. The van der Waals surface area contributed by atoms with E-state index in [0.29, 0.717) is 18.7 Å². The molecule has 1 aromatic rings. The molecule has 0 aliphatic rings. The van der Waals surface area contributed by atoms with Gasteiger partial charge in [-0.2, -0.15) is 0 Å². The van der Waals surface area contributed by atoms with Crippen molar-refractivity contribution in [2.24, 2.45) is 0 Å². The van der Waals surface area contributed by atoms with Crippen LogP contribution in [0.1, 0.15) is 32.6 Å². The van der Waals surface area contributed by atoms with Crippen molar-refractivity contribution in [1.29, 1.82) is 0 Å². The lowest BCUT2D eigenvalue weighted by molar-refractivity contribution is -0.118. The lowest BCUT2D eigenvalue weighted by Gasteiger charge is -2.07. The van der Waals surface area contributed by atoms with Gasteiger partial charge in [0.25, 0.3) is 0 Å². The topological polar surface area (TPSA) is 58.2 Å². The molecule has 0 heterocycles. The summed E-state index contributed by atoms with van der Waals surface area (Å²) in [5.74, 6) is 0.496. The van der Waals surface area contributed by atoms with Crippen molar-refractivity contribution in [1.82, 2.24) is 5.32 Å². The van der Waals surface area contributed by atoms with Gasteiger partial charge >= 0.3 is 0 Å². The van der Waals surface area contributed by atoms with Crippen LogP contribution in [0.15, 0.2) is 40.6 Å². The summed E-state index contributed by atoms with van der Waals surface area (Å²) in [5.41, 5.74) is 0.833. The van der Waals surface area contributed by atoms with E-state index in [1.54, 1.807) is 11.8 Å². The predicted octanol–water partition coefficient (Wildman–Crippen LogP) is 4.29. The van der Waals surface area contributed by atoms with E-state index in [-0.39, 0.29) is 11.8 Å². The van der Waals surface area contributed by atoms with E-state index in [4.69, 9.17) is 0 Å². The molecule has 0 saturated heterocycles. The summed E-state index contributed by atoms with van der Waals surface area (Å²) >= 11 is 3.13. The van der Waals surface area contributed by atoms with E-state index >= 15 is 0 Å². The maximum Gasteiger partial charge on any atom is 0.230 e. The summed E-state index contributed by atoms with van der Waals surface area (Å²) in [7, 11) is 0. The monoisotopic (exact) mass is 366 g/mol. The summed E-state index contributed by atoms with van der Waals surface area (Å²) in [4.78, 5) is 25.5. The zero-order chi connectivity index (χ0) is 17.8. The van der Waals surface area contributed by atoms with Gasteiger partial charge in [0, 0.05) is 23.5 Å². The van der Waals surface area contributed by atoms with Crippen LogP contribution >= 0.6 is 23.5 Å². The van der Waals surface area contributed by atoms with Gasteiger partial charge < -0.3 is 10.6 Å². The lowest BCUT2D eigenvalue weighted by atomic mass is 10.2. The average Bonchev–Trinajstić information content (AvgIpc) is 2.56. The van der Waals surface area contributed by atoms with Crippen LogP contribution in [0.2, 0.25) is 0 Å². The molecule has 132 valence electrons. The Bertz CT molecular complexity index is 544. The summed E-state index contributed by atoms with van der Waals surface area (Å²) in [5, 5.41) is 5.77. The van der Waals surface area contributed by atoms with Crippen molar-refractivity contribution in [3.8, 4) is 0 Å². The van der Waals surface area contributed by atoms with Crippen molar-refractivity contribution < 1.29 is 9.59 Å². The molecule has 4 nitrogen and oxygen atoms in total. The third-order valence-corrected chi connectivity index (χ3v) is 4.87. The molecule has 0 aliphatic carbocycles. The van der Waals surface area contributed by atoms with Gasteiger partial charge in [0.1, 0.15) is 0 Å². The molecule has 0 unspecified atom stereocenters. The maximum absolute atomic E-state index is 11.9. The Balaban J connectivity index is 2.06. The number of carbonyl (C=O) groups is 2. The number of allylic oxidation sites excluding steroid dienone is 1. The Morgan fingerprint density at radius 1 is 1.08 bits per heavy atom. The molecule has 0 spiro atoms. The highest BCUT2D eigenvalue weighted by Gasteiger charge is 2.03. The van der Waals surface area contributed by atoms with Crippen LogP contribution in [-0.4, -0.2) is 30.4 Å². The van der Waals surface area contributed by atoms with Gasteiger partial charge in [-0.15, -0.1) is 23.5 Å². The Kier molecular flexibility index (Phi) is 10.4. The van der Waals surface area contributed by atoms with Crippen LogP contribution in [0.4, 0.5) is 5.69 Å². The lowest BCUT2D eigenvalue weighted by Crippen LogP contribution is -2.26. The van der Waals surface area contributed by atoms with E-state index < -0.39 is 0 Å². The first-order valence-electron chi connectivity index (χ1n) is 8.00. The number of nitrogens with one attached hydrogen (secondary N) is 2. The number of hydrogen-bond acceptors (Lipinski definition) is 4. The van der Waals surface area contributed by atoms with Crippen LogP contribution in [0.5, 0.6) is 0 Å². The van der Waals surface area contributed by atoms with Gasteiger partial charge in [-0.1, -0.05) is 13.0 Å². The van der Waals surface area contributed by atoms with E-state index in [0.717, 1.165) is 29.9 Å². The first-order chi connectivity index (χ1) is 11.5. The summed E-state index contributed by atoms with van der Waals surface area (Å²) in [6.45, 7) is 6.30. The van der Waals surface area contributed by atoms with E-state index in [1.807, 2.05) is 37.4 Å². The quantitative estimate of drug-likeness (QED) is 0.453. The summed E-state index contributed by atoms with van der Waals surface area (Å²) < 4.78 is 0. The minimum atomic E-state index is 0.0359. The highest BCUT2D eigenvalue weighted by atomic mass is 32.2. The van der Waals surface area contributed by atoms with Gasteiger partial charge in [-0.3, -0.25) is 9.59 Å². The van der Waals surface area contributed by atoms with Gasteiger partial charge in [-0.25, -0.2) is 0 Å². The Labute approximate surface area is 153 Å². The van der Waals surface area contributed by atoms with Gasteiger partial charge in [0.2, 0.25) is 11.8 Å². The second kappa shape index (κ2) is 12.0. The van der Waals surface area contributed by atoms with Crippen LogP contribution in [-0.2, 0) is 9.59 Å². The molecule has 0 fully saturated rings. The maximum atomic E-state index is 11.9. The number of amides is 2. The van der Waals surface area contributed by atoms with E-state index in [1.165, 1.54) is 16.7 Å².